The zero-order chi connectivity index (χ0) is 18.6. The Kier molecular flexibility index (Phi) is 5.70. The van der Waals surface area contributed by atoms with Gasteiger partial charge in [-0.3, -0.25) is 4.79 Å². The molecule has 7 heteroatoms. The van der Waals surface area contributed by atoms with E-state index in [0.29, 0.717) is 36.6 Å². The highest BCUT2D eigenvalue weighted by Gasteiger charge is 2.26. The molecule has 0 aliphatic carbocycles. The van der Waals surface area contributed by atoms with Crippen molar-refractivity contribution in [1.82, 2.24) is 9.62 Å². The second-order valence-electron chi connectivity index (χ2n) is 6.42. The molecule has 2 aromatic carbocycles. The summed E-state index contributed by atoms with van der Waals surface area (Å²) in [6, 6.07) is 14.2. The second-order valence-corrected chi connectivity index (χ2v) is 8.36. The monoisotopic (exact) mass is 373 g/mol. The first kappa shape index (κ1) is 18.6. The molecule has 26 heavy (non-hydrogen) atoms. The van der Waals surface area contributed by atoms with Gasteiger partial charge in [0.15, 0.2) is 0 Å². The molecule has 1 amide bonds. The van der Waals surface area contributed by atoms with Gasteiger partial charge in [-0.25, -0.2) is 8.42 Å². The molecular weight excluding hydrogens is 350 g/mol. The maximum absolute atomic E-state index is 12.5. The van der Waals surface area contributed by atoms with E-state index in [1.54, 1.807) is 34.6 Å². The molecule has 1 aliphatic rings. The third-order valence-corrected chi connectivity index (χ3v) is 6.41. The van der Waals surface area contributed by atoms with Crippen LogP contribution in [-0.4, -0.2) is 31.7 Å². The van der Waals surface area contributed by atoms with E-state index in [-0.39, 0.29) is 0 Å². The van der Waals surface area contributed by atoms with Gasteiger partial charge in [-0.1, -0.05) is 24.3 Å². The molecule has 1 saturated heterocycles. The maximum Gasteiger partial charge on any atom is 0.248 e. The molecule has 1 heterocycles. The first-order valence-electron chi connectivity index (χ1n) is 8.65. The van der Waals surface area contributed by atoms with Gasteiger partial charge in [0, 0.05) is 31.7 Å². The fraction of sp³-hybridized carbons (Fsp3) is 0.316. The van der Waals surface area contributed by atoms with Crippen molar-refractivity contribution < 1.29 is 13.2 Å². The van der Waals surface area contributed by atoms with Crippen LogP contribution < -0.4 is 11.1 Å². The van der Waals surface area contributed by atoms with Crippen molar-refractivity contribution in [1.29, 1.82) is 0 Å². The number of hydrogen-bond donors (Lipinski definition) is 2. The average Bonchev–Trinajstić information content (AvgIpc) is 3.18. The normalized spacial score (nSPS) is 15.2. The molecule has 0 saturated carbocycles. The number of nitrogens with zero attached hydrogens (tertiary/aromatic N) is 1. The Balaban J connectivity index is 1.58. The number of carbonyl (C=O) groups is 1. The van der Waals surface area contributed by atoms with Crippen LogP contribution in [-0.2, 0) is 23.1 Å². The second kappa shape index (κ2) is 7.99. The lowest BCUT2D eigenvalue weighted by Gasteiger charge is -2.15. The number of sulfonamides is 1. The lowest BCUT2D eigenvalue weighted by atomic mass is 10.1. The zero-order valence-electron chi connectivity index (χ0n) is 14.5. The lowest BCUT2D eigenvalue weighted by Crippen LogP contribution is -2.27. The van der Waals surface area contributed by atoms with Crippen LogP contribution in [0.4, 0.5) is 0 Å². The first-order valence-corrected chi connectivity index (χ1v) is 10.1. The highest BCUT2D eigenvalue weighted by molar-refractivity contribution is 7.89. The van der Waals surface area contributed by atoms with E-state index in [1.165, 1.54) is 0 Å². The van der Waals surface area contributed by atoms with E-state index in [1.807, 2.05) is 18.2 Å². The SMILES string of the molecule is NC(=O)c1cccc(CNCc2ccc(S(=O)(=O)N3CCCC3)cc2)c1. The summed E-state index contributed by atoms with van der Waals surface area (Å²) in [5, 5.41) is 3.29. The third kappa shape index (κ3) is 4.30. The summed E-state index contributed by atoms with van der Waals surface area (Å²) >= 11 is 0. The largest absolute Gasteiger partial charge is 0.366 e. The molecule has 2 aromatic rings. The van der Waals surface area contributed by atoms with E-state index < -0.39 is 15.9 Å². The minimum Gasteiger partial charge on any atom is -0.366 e. The molecule has 0 unspecified atom stereocenters. The molecule has 1 fully saturated rings. The van der Waals surface area contributed by atoms with E-state index in [9.17, 15) is 13.2 Å². The fourth-order valence-electron chi connectivity index (χ4n) is 3.04. The molecule has 0 spiro atoms. The zero-order valence-corrected chi connectivity index (χ0v) is 15.3. The van der Waals surface area contributed by atoms with Crippen LogP contribution in [0.5, 0.6) is 0 Å². The Labute approximate surface area is 154 Å². The summed E-state index contributed by atoms with van der Waals surface area (Å²) in [6.45, 7) is 2.41. The lowest BCUT2D eigenvalue weighted by molar-refractivity contribution is 0.1000. The van der Waals surface area contributed by atoms with Gasteiger partial charge in [-0.05, 0) is 48.2 Å². The Bertz CT molecular complexity index is 873. The number of primary amides is 1. The number of nitrogens with one attached hydrogen (secondary N) is 1. The predicted molar refractivity (Wildman–Crippen MR) is 99.9 cm³/mol. The van der Waals surface area contributed by atoms with Gasteiger partial charge >= 0.3 is 0 Å². The summed E-state index contributed by atoms with van der Waals surface area (Å²) in [5.41, 5.74) is 7.74. The van der Waals surface area contributed by atoms with Crippen molar-refractivity contribution in [3.8, 4) is 0 Å². The van der Waals surface area contributed by atoms with Crippen LogP contribution in [0.1, 0.15) is 34.3 Å². The first-order chi connectivity index (χ1) is 12.5. The highest BCUT2D eigenvalue weighted by atomic mass is 32.2. The predicted octanol–water partition coefficient (Wildman–Crippen LogP) is 1.86. The Morgan fingerprint density at radius 3 is 2.31 bits per heavy atom. The van der Waals surface area contributed by atoms with Crippen LogP contribution in [0.3, 0.4) is 0 Å². The molecule has 1 aliphatic heterocycles. The van der Waals surface area contributed by atoms with Crippen molar-refractivity contribution >= 4 is 15.9 Å². The topological polar surface area (TPSA) is 92.5 Å². The smallest absolute Gasteiger partial charge is 0.248 e. The highest BCUT2D eigenvalue weighted by Crippen LogP contribution is 2.21. The number of benzene rings is 2. The summed E-state index contributed by atoms with van der Waals surface area (Å²) in [7, 11) is -3.36. The van der Waals surface area contributed by atoms with Gasteiger partial charge < -0.3 is 11.1 Å². The van der Waals surface area contributed by atoms with E-state index in [2.05, 4.69) is 5.32 Å². The van der Waals surface area contributed by atoms with E-state index in [0.717, 1.165) is 24.0 Å². The summed E-state index contributed by atoms with van der Waals surface area (Å²) < 4.78 is 26.6. The molecule has 0 bridgehead atoms. The molecule has 0 atom stereocenters. The quantitative estimate of drug-likeness (QED) is 0.775. The molecular formula is C19H23N3O3S. The molecule has 138 valence electrons. The number of carbonyl (C=O) groups excluding carboxylic acids is 1. The molecule has 3 N–H and O–H groups in total. The third-order valence-electron chi connectivity index (χ3n) is 4.50. The maximum atomic E-state index is 12.5. The average molecular weight is 373 g/mol. The van der Waals surface area contributed by atoms with Gasteiger partial charge in [0.1, 0.15) is 0 Å². The Morgan fingerprint density at radius 2 is 1.65 bits per heavy atom. The van der Waals surface area contributed by atoms with Crippen LogP contribution in [0.25, 0.3) is 0 Å². The Hall–Kier alpha value is -2.22. The number of nitrogens with two attached hydrogens (primary N) is 1. The number of hydrogen-bond acceptors (Lipinski definition) is 4. The minimum absolute atomic E-state index is 0.345. The van der Waals surface area contributed by atoms with E-state index >= 15 is 0 Å². The standard InChI is InChI=1S/C19H23N3O3S/c20-19(23)17-5-3-4-16(12-17)14-21-13-15-6-8-18(9-7-15)26(24,25)22-10-1-2-11-22/h3-9,12,21H,1-2,10-11,13-14H2,(H2,20,23). The van der Waals surface area contributed by atoms with Crippen molar-refractivity contribution in [2.24, 2.45) is 5.73 Å². The van der Waals surface area contributed by atoms with Crippen molar-refractivity contribution in [2.75, 3.05) is 13.1 Å². The summed E-state index contributed by atoms with van der Waals surface area (Å²) in [5.74, 6) is -0.443. The molecule has 6 nitrogen and oxygen atoms in total. The van der Waals surface area contributed by atoms with Gasteiger partial charge in [-0.15, -0.1) is 0 Å². The van der Waals surface area contributed by atoms with Gasteiger partial charge in [0.05, 0.1) is 4.90 Å². The summed E-state index contributed by atoms with van der Waals surface area (Å²) in [6.07, 6.45) is 1.86. The van der Waals surface area contributed by atoms with E-state index in [4.69, 9.17) is 5.73 Å². The van der Waals surface area contributed by atoms with Crippen LogP contribution >= 0.6 is 0 Å². The number of rotatable bonds is 7. The molecule has 0 radical (unpaired) electrons. The van der Waals surface area contributed by atoms with Crippen molar-refractivity contribution in [2.45, 2.75) is 30.8 Å². The molecule has 3 rings (SSSR count). The summed E-state index contributed by atoms with van der Waals surface area (Å²) in [4.78, 5) is 11.6. The Morgan fingerprint density at radius 1 is 1.00 bits per heavy atom. The van der Waals surface area contributed by atoms with Gasteiger partial charge in [0.25, 0.3) is 0 Å². The van der Waals surface area contributed by atoms with Crippen LogP contribution in [0.2, 0.25) is 0 Å². The van der Waals surface area contributed by atoms with Crippen molar-refractivity contribution in [3.05, 3.63) is 65.2 Å². The number of amides is 1. The molecule has 0 aromatic heterocycles. The van der Waals surface area contributed by atoms with Gasteiger partial charge in [0.2, 0.25) is 15.9 Å². The van der Waals surface area contributed by atoms with Crippen LogP contribution in [0, 0.1) is 0 Å². The van der Waals surface area contributed by atoms with Crippen LogP contribution in [0.15, 0.2) is 53.4 Å². The minimum atomic E-state index is -3.36. The fourth-order valence-corrected chi connectivity index (χ4v) is 4.56. The van der Waals surface area contributed by atoms with Crippen molar-refractivity contribution in [3.63, 3.8) is 0 Å². The van der Waals surface area contributed by atoms with Gasteiger partial charge in [-0.2, -0.15) is 4.31 Å².